The Labute approximate surface area is 80.8 Å². The highest BCUT2D eigenvalue weighted by molar-refractivity contribution is 5.15. The number of hydrogen-bond donors (Lipinski definition) is 1. The molecule has 0 bridgehead atoms. The Kier molecular flexibility index (Phi) is 2.23. The van der Waals surface area contributed by atoms with Crippen molar-refractivity contribution in [2.24, 2.45) is 11.8 Å². The standard InChI is InChI=1S/C12H20O/c1-9-6-7-10(2)12(13)8-4-3-5-11(9)12/h10-11,13H,1,3-8H2,2H3/t10-,11-,12+/m1/s1. The maximum atomic E-state index is 10.6. The first kappa shape index (κ1) is 9.26. The van der Waals surface area contributed by atoms with Gasteiger partial charge in [-0.1, -0.05) is 31.9 Å². The van der Waals surface area contributed by atoms with Crippen molar-refractivity contribution in [3.63, 3.8) is 0 Å². The van der Waals surface area contributed by atoms with Crippen LogP contribution in [0.25, 0.3) is 0 Å². The molecule has 0 aromatic rings. The second kappa shape index (κ2) is 3.13. The molecule has 0 spiro atoms. The van der Waals surface area contributed by atoms with Crippen LogP contribution in [-0.4, -0.2) is 10.7 Å². The van der Waals surface area contributed by atoms with Crippen molar-refractivity contribution in [2.75, 3.05) is 0 Å². The largest absolute Gasteiger partial charge is 0.389 e. The molecular weight excluding hydrogens is 160 g/mol. The van der Waals surface area contributed by atoms with Crippen LogP contribution in [-0.2, 0) is 0 Å². The average molecular weight is 180 g/mol. The Balaban J connectivity index is 2.24. The van der Waals surface area contributed by atoms with E-state index < -0.39 is 5.60 Å². The molecule has 0 aromatic heterocycles. The molecule has 1 heteroatoms. The molecule has 2 fully saturated rings. The van der Waals surface area contributed by atoms with E-state index in [0.717, 1.165) is 19.3 Å². The third-order valence-corrected chi connectivity index (χ3v) is 4.17. The minimum Gasteiger partial charge on any atom is -0.389 e. The second-order valence-electron chi connectivity index (χ2n) is 4.89. The molecular formula is C12H20O. The van der Waals surface area contributed by atoms with Crippen LogP contribution < -0.4 is 0 Å². The molecule has 3 atom stereocenters. The third-order valence-electron chi connectivity index (χ3n) is 4.17. The molecule has 0 aromatic carbocycles. The van der Waals surface area contributed by atoms with Crippen molar-refractivity contribution in [1.29, 1.82) is 0 Å². The van der Waals surface area contributed by atoms with Gasteiger partial charge in [0, 0.05) is 5.92 Å². The highest BCUT2D eigenvalue weighted by Gasteiger charge is 2.46. The van der Waals surface area contributed by atoms with Gasteiger partial charge in [-0.3, -0.25) is 0 Å². The fourth-order valence-electron chi connectivity index (χ4n) is 3.15. The molecule has 0 aliphatic heterocycles. The maximum Gasteiger partial charge on any atom is 0.0738 e. The van der Waals surface area contributed by atoms with Crippen molar-refractivity contribution in [3.05, 3.63) is 12.2 Å². The summed E-state index contributed by atoms with van der Waals surface area (Å²) in [5.41, 5.74) is 0.911. The van der Waals surface area contributed by atoms with E-state index in [1.165, 1.54) is 24.8 Å². The van der Waals surface area contributed by atoms with E-state index >= 15 is 0 Å². The van der Waals surface area contributed by atoms with Crippen molar-refractivity contribution in [1.82, 2.24) is 0 Å². The van der Waals surface area contributed by atoms with Gasteiger partial charge in [-0.15, -0.1) is 0 Å². The molecule has 2 saturated carbocycles. The summed E-state index contributed by atoms with van der Waals surface area (Å²) in [5, 5.41) is 10.6. The maximum absolute atomic E-state index is 10.6. The van der Waals surface area contributed by atoms with Crippen LogP contribution in [0, 0.1) is 11.8 Å². The van der Waals surface area contributed by atoms with Gasteiger partial charge in [-0.2, -0.15) is 0 Å². The summed E-state index contributed by atoms with van der Waals surface area (Å²) in [5.74, 6) is 0.883. The normalized spacial score (nSPS) is 45.8. The molecule has 0 unspecified atom stereocenters. The molecule has 2 aliphatic rings. The lowest BCUT2D eigenvalue weighted by molar-refractivity contribution is -0.0916. The smallest absolute Gasteiger partial charge is 0.0738 e. The quantitative estimate of drug-likeness (QED) is 0.568. The van der Waals surface area contributed by atoms with Gasteiger partial charge < -0.3 is 5.11 Å². The molecule has 13 heavy (non-hydrogen) atoms. The lowest BCUT2D eigenvalue weighted by Crippen LogP contribution is -2.49. The van der Waals surface area contributed by atoms with Crippen molar-refractivity contribution < 1.29 is 5.11 Å². The van der Waals surface area contributed by atoms with Gasteiger partial charge in [-0.25, -0.2) is 0 Å². The predicted octanol–water partition coefficient (Wildman–Crippen LogP) is 2.89. The van der Waals surface area contributed by atoms with Crippen molar-refractivity contribution in [2.45, 2.75) is 51.0 Å². The van der Waals surface area contributed by atoms with Gasteiger partial charge in [-0.05, 0) is 31.6 Å². The fraction of sp³-hybridized carbons (Fsp3) is 0.833. The molecule has 1 nitrogen and oxygen atoms in total. The Morgan fingerprint density at radius 3 is 2.85 bits per heavy atom. The van der Waals surface area contributed by atoms with Crippen LogP contribution in [0.1, 0.15) is 45.4 Å². The van der Waals surface area contributed by atoms with Crippen LogP contribution in [0.4, 0.5) is 0 Å². The average Bonchev–Trinajstić information content (AvgIpc) is 2.12. The molecule has 2 rings (SSSR count). The predicted molar refractivity (Wildman–Crippen MR) is 54.4 cm³/mol. The highest BCUT2D eigenvalue weighted by Crippen LogP contribution is 2.48. The van der Waals surface area contributed by atoms with E-state index in [1.807, 2.05) is 0 Å². The second-order valence-corrected chi connectivity index (χ2v) is 4.89. The molecule has 2 aliphatic carbocycles. The minimum absolute atomic E-state index is 0.395. The monoisotopic (exact) mass is 180 g/mol. The zero-order valence-corrected chi connectivity index (χ0v) is 8.55. The summed E-state index contributed by atoms with van der Waals surface area (Å²) in [6, 6.07) is 0. The van der Waals surface area contributed by atoms with E-state index in [4.69, 9.17) is 0 Å². The molecule has 0 amide bonds. The fourth-order valence-corrected chi connectivity index (χ4v) is 3.15. The molecule has 0 radical (unpaired) electrons. The summed E-state index contributed by atoms with van der Waals surface area (Å²) in [6.07, 6.45) is 6.90. The zero-order valence-electron chi connectivity index (χ0n) is 8.55. The van der Waals surface area contributed by atoms with E-state index in [1.54, 1.807) is 0 Å². The Morgan fingerprint density at radius 2 is 2.15 bits per heavy atom. The first-order valence-corrected chi connectivity index (χ1v) is 5.54. The number of fused-ring (bicyclic) bond motifs is 1. The first-order chi connectivity index (χ1) is 6.14. The van der Waals surface area contributed by atoms with Crippen LogP contribution in [0.5, 0.6) is 0 Å². The van der Waals surface area contributed by atoms with E-state index in [2.05, 4.69) is 13.5 Å². The SMILES string of the molecule is C=C1CC[C@@H](C)[C@@]2(O)CCCC[C@H]12. The topological polar surface area (TPSA) is 20.2 Å². The summed E-state index contributed by atoms with van der Waals surface area (Å²) < 4.78 is 0. The van der Waals surface area contributed by atoms with Gasteiger partial charge in [0.25, 0.3) is 0 Å². The van der Waals surface area contributed by atoms with Crippen LogP contribution in [0.15, 0.2) is 12.2 Å². The Morgan fingerprint density at radius 1 is 1.38 bits per heavy atom. The molecule has 0 heterocycles. The third kappa shape index (κ3) is 1.34. The summed E-state index contributed by atoms with van der Waals surface area (Å²) in [6.45, 7) is 6.32. The zero-order chi connectivity index (χ0) is 9.47. The van der Waals surface area contributed by atoms with Gasteiger partial charge in [0.1, 0.15) is 0 Å². The molecule has 0 saturated heterocycles. The van der Waals surface area contributed by atoms with Crippen LogP contribution >= 0.6 is 0 Å². The Bertz CT molecular complexity index is 221. The lowest BCUT2D eigenvalue weighted by Gasteiger charge is -2.48. The number of rotatable bonds is 0. The minimum atomic E-state index is -0.395. The highest BCUT2D eigenvalue weighted by atomic mass is 16.3. The number of hydrogen-bond acceptors (Lipinski definition) is 1. The van der Waals surface area contributed by atoms with Crippen molar-refractivity contribution in [3.8, 4) is 0 Å². The van der Waals surface area contributed by atoms with Crippen molar-refractivity contribution >= 4 is 0 Å². The molecule has 74 valence electrons. The van der Waals surface area contributed by atoms with Crippen LogP contribution in [0.3, 0.4) is 0 Å². The van der Waals surface area contributed by atoms with Gasteiger partial charge >= 0.3 is 0 Å². The lowest BCUT2D eigenvalue weighted by atomic mass is 9.61. The van der Waals surface area contributed by atoms with Gasteiger partial charge in [0.15, 0.2) is 0 Å². The summed E-state index contributed by atoms with van der Waals surface area (Å²) in [4.78, 5) is 0. The molecule has 1 N–H and O–H groups in total. The number of aliphatic hydroxyl groups is 1. The van der Waals surface area contributed by atoms with Gasteiger partial charge in [0.05, 0.1) is 5.60 Å². The summed E-state index contributed by atoms with van der Waals surface area (Å²) in [7, 11) is 0. The Hall–Kier alpha value is -0.300. The van der Waals surface area contributed by atoms with Gasteiger partial charge in [0.2, 0.25) is 0 Å². The summed E-state index contributed by atoms with van der Waals surface area (Å²) >= 11 is 0. The van der Waals surface area contributed by atoms with Crippen LogP contribution in [0.2, 0.25) is 0 Å². The van der Waals surface area contributed by atoms with E-state index in [-0.39, 0.29) is 0 Å². The first-order valence-electron chi connectivity index (χ1n) is 5.54. The van der Waals surface area contributed by atoms with E-state index in [0.29, 0.717) is 11.8 Å². The van der Waals surface area contributed by atoms with E-state index in [9.17, 15) is 5.11 Å².